The number of benzene rings is 1. The van der Waals surface area contributed by atoms with Gasteiger partial charge < -0.3 is 14.4 Å². The Balaban J connectivity index is 1.43. The second-order valence-electron chi connectivity index (χ2n) is 7.86. The molecule has 7 heteroatoms. The summed E-state index contributed by atoms with van der Waals surface area (Å²) in [6, 6.07) is 10.1. The SMILES string of the molecule is Cc1ccsc1C(=O)N(Cc1cccc(OCCc2scnc2C)c1)C[C@@H]1CCCO1. The molecule has 0 N–H and O–H groups in total. The van der Waals surface area contributed by atoms with Crippen LogP contribution in [0.5, 0.6) is 5.75 Å². The van der Waals surface area contributed by atoms with Crippen molar-refractivity contribution in [2.45, 2.75) is 45.8 Å². The van der Waals surface area contributed by atoms with Crippen molar-refractivity contribution in [1.29, 1.82) is 0 Å². The van der Waals surface area contributed by atoms with Crippen molar-refractivity contribution in [2.24, 2.45) is 0 Å². The maximum Gasteiger partial charge on any atom is 0.264 e. The summed E-state index contributed by atoms with van der Waals surface area (Å²) < 4.78 is 11.8. The number of hydrogen-bond donors (Lipinski definition) is 0. The van der Waals surface area contributed by atoms with Gasteiger partial charge in [-0.1, -0.05) is 12.1 Å². The first-order valence-electron chi connectivity index (χ1n) is 10.7. The van der Waals surface area contributed by atoms with Crippen molar-refractivity contribution < 1.29 is 14.3 Å². The Bertz CT molecular complexity index is 1010. The van der Waals surface area contributed by atoms with Gasteiger partial charge in [0, 0.05) is 31.0 Å². The average Bonchev–Trinajstić information content (AvgIpc) is 3.51. The van der Waals surface area contributed by atoms with Gasteiger partial charge in [0.25, 0.3) is 5.91 Å². The van der Waals surface area contributed by atoms with Crippen LogP contribution in [-0.2, 0) is 17.7 Å². The summed E-state index contributed by atoms with van der Waals surface area (Å²) in [5, 5.41) is 1.98. The van der Waals surface area contributed by atoms with Gasteiger partial charge in [-0.2, -0.15) is 0 Å². The van der Waals surface area contributed by atoms with Crippen LogP contribution in [0.15, 0.2) is 41.2 Å². The van der Waals surface area contributed by atoms with Crippen molar-refractivity contribution >= 4 is 28.6 Å². The smallest absolute Gasteiger partial charge is 0.264 e. The van der Waals surface area contributed by atoms with Crippen molar-refractivity contribution in [2.75, 3.05) is 19.8 Å². The first-order valence-corrected chi connectivity index (χ1v) is 12.4. The lowest BCUT2D eigenvalue weighted by Gasteiger charge is -2.25. The van der Waals surface area contributed by atoms with Crippen molar-refractivity contribution in [3.63, 3.8) is 0 Å². The number of nitrogens with zero attached hydrogens (tertiary/aromatic N) is 2. The molecule has 0 bridgehead atoms. The topological polar surface area (TPSA) is 51.7 Å². The molecule has 1 atom stereocenters. The summed E-state index contributed by atoms with van der Waals surface area (Å²) >= 11 is 3.18. The number of carbonyl (C=O) groups is 1. The van der Waals surface area contributed by atoms with E-state index in [1.807, 2.05) is 53.9 Å². The Hall–Kier alpha value is -2.22. The zero-order valence-electron chi connectivity index (χ0n) is 18.0. The van der Waals surface area contributed by atoms with Crippen LogP contribution in [0.1, 0.15) is 44.2 Å². The van der Waals surface area contributed by atoms with Gasteiger partial charge in [0.2, 0.25) is 0 Å². The van der Waals surface area contributed by atoms with E-state index in [1.54, 1.807) is 11.3 Å². The minimum Gasteiger partial charge on any atom is -0.493 e. The van der Waals surface area contributed by atoms with Crippen molar-refractivity contribution in [1.82, 2.24) is 9.88 Å². The first kappa shape index (κ1) is 22.0. The largest absolute Gasteiger partial charge is 0.493 e. The fourth-order valence-corrected chi connectivity index (χ4v) is 5.43. The summed E-state index contributed by atoms with van der Waals surface area (Å²) in [7, 11) is 0. The molecule has 1 saturated heterocycles. The monoisotopic (exact) mass is 456 g/mol. The second-order valence-corrected chi connectivity index (χ2v) is 9.72. The lowest BCUT2D eigenvalue weighted by Crippen LogP contribution is -2.36. The van der Waals surface area contributed by atoms with Gasteiger partial charge in [-0.3, -0.25) is 4.79 Å². The summed E-state index contributed by atoms with van der Waals surface area (Å²) in [4.78, 5) is 21.6. The highest BCUT2D eigenvalue weighted by Gasteiger charge is 2.25. The van der Waals surface area contributed by atoms with E-state index in [1.165, 1.54) is 16.2 Å². The maximum absolute atomic E-state index is 13.3. The van der Waals surface area contributed by atoms with Gasteiger partial charge in [0.1, 0.15) is 5.75 Å². The number of ether oxygens (including phenoxy) is 2. The number of rotatable bonds is 9. The van der Waals surface area contributed by atoms with E-state index < -0.39 is 0 Å². The standard InChI is InChI=1S/C24H28N2O3S2/c1-17-9-12-30-23(17)24(27)26(15-21-7-4-10-28-21)14-19-5-3-6-20(13-19)29-11-8-22-18(2)25-16-31-22/h3,5-6,9,12-13,16,21H,4,7-8,10-11,14-15H2,1-2H3/t21-/m0/s1. The fraction of sp³-hybridized carbons (Fsp3) is 0.417. The van der Waals surface area contributed by atoms with Gasteiger partial charge in [0.15, 0.2) is 0 Å². The van der Waals surface area contributed by atoms with Crippen LogP contribution >= 0.6 is 22.7 Å². The Labute approximate surface area is 191 Å². The molecule has 0 aliphatic carbocycles. The summed E-state index contributed by atoms with van der Waals surface area (Å²) in [6.07, 6.45) is 3.04. The Kier molecular flexibility index (Phi) is 7.37. The minimum absolute atomic E-state index is 0.0787. The summed E-state index contributed by atoms with van der Waals surface area (Å²) in [5.41, 5.74) is 5.05. The van der Waals surface area contributed by atoms with Crippen LogP contribution in [0.4, 0.5) is 0 Å². The summed E-state index contributed by atoms with van der Waals surface area (Å²) in [6.45, 7) is 6.58. The predicted octanol–water partition coefficient (Wildman–Crippen LogP) is 5.26. The molecule has 1 aliphatic rings. The van der Waals surface area contributed by atoms with Gasteiger partial charge in [-0.15, -0.1) is 22.7 Å². The van der Waals surface area contributed by atoms with E-state index in [0.717, 1.165) is 53.3 Å². The van der Waals surface area contributed by atoms with E-state index >= 15 is 0 Å². The summed E-state index contributed by atoms with van der Waals surface area (Å²) in [5.74, 6) is 0.909. The Morgan fingerprint density at radius 2 is 2.19 bits per heavy atom. The van der Waals surface area contributed by atoms with Crippen LogP contribution < -0.4 is 4.74 Å². The van der Waals surface area contributed by atoms with E-state index in [0.29, 0.717) is 19.7 Å². The quantitative estimate of drug-likeness (QED) is 0.440. The van der Waals surface area contributed by atoms with Crippen molar-refractivity contribution in [3.8, 4) is 5.75 Å². The lowest BCUT2D eigenvalue weighted by atomic mass is 10.1. The van der Waals surface area contributed by atoms with Crippen LogP contribution in [0.25, 0.3) is 0 Å². The third kappa shape index (κ3) is 5.73. The molecule has 31 heavy (non-hydrogen) atoms. The molecule has 0 unspecified atom stereocenters. The normalized spacial score (nSPS) is 15.9. The van der Waals surface area contributed by atoms with Crippen LogP contribution in [0.3, 0.4) is 0 Å². The highest BCUT2D eigenvalue weighted by atomic mass is 32.1. The number of hydrogen-bond acceptors (Lipinski definition) is 6. The molecule has 4 rings (SSSR count). The van der Waals surface area contributed by atoms with Crippen LogP contribution in [0, 0.1) is 13.8 Å². The number of carbonyl (C=O) groups excluding carboxylic acids is 1. The number of thiophene rings is 1. The van der Waals surface area contributed by atoms with Gasteiger partial charge in [-0.05, 0) is 61.4 Å². The number of thiazole rings is 1. The van der Waals surface area contributed by atoms with Crippen LogP contribution in [0.2, 0.25) is 0 Å². The highest BCUT2D eigenvalue weighted by molar-refractivity contribution is 7.12. The van der Waals surface area contributed by atoms with E-state index in [2.05, 4.69) is 11.1 Å². The van der Waals surface area contributed by atoms with Crippen LogP contribution in [-0.4, -0.2) is 41.7 Å². The fourth-order valence-electron chi connectivity index (χ4n) is 3.77. The molecule has 5 nitrogen and oxygen atoms in total. The third-order valence-corrected chi connectivity index (χ3v) is 7.51. The van der Waals surface area contributed by atoms with E-state index in [-0.39, 0.29) is 12.0 Å². The Morgan fingerprint density at radius 1 is 1.29 bits per heavy atom. The van der Waals surface area contributed by atoms with Gasteiger partial charge in [0.05, 0.1) is 28.8 Å². The molecule has 0 saturated carbocycles. The molecule has 1 aromatic carbocycles. The first-order chi connectivity index (χ1) is 15.1. The van der Waals surface area contributed by atoms with E-state index in [4.69, 9.17) is 9.47 Å². The molecule has 1 amide bonds. The minimum atomic E-state index is 0.0787. The molecule has 2 aromatic heterocycles. The lowest BCUT2D eigenvalue weighted by molar-refractivity contribution is 0.0510. The maximum atomic E-state index is 13.3. The molecule has 164 valence electrons. The molecule has 1 fully saturated rings. The molecule has 3 heterocycles. The third-order valence-electron chi connectivity index (χ3n) is 5.51. The Morgan fingerprint density at radius 3 is 2.90 bits per heavy atom. The average molecular weight is 457 g/mol. The molecule has 3 aromatic rings. The zero-order valence-corrected chi connectivity index (χ0v) is 19.6. The zero-order chi connectivity index (χ0) is 21.6. The predicted molar refractivity (Wildman–Crippen MR) is 125 cm³/mol. The molecular formula is C24H28N2O3S2. The number of aromatic nitrogens is 1. The molecule has 0 radical (unpaired) electrons. The van der Waals surface area contributed by atoms with E-state index in [9.17, 15) is 4.79 Å². The van der Waals surface area contributed by atoms with Gasteiger partial charge in [-0.25, -0.2) is 4.98 Å². The molecule has 0 spiro atoms. The molecular weight excluding hydrogens is 428 g/mol. The second kappa shape index (κ2) is 10.4. The van der Waals surface area contributed by atoms with Crippen molar-refractivity contribution in [3.05, 3.63) is 67.8 Å². The number of aryl methyl sites for hydroxylation is 2. The number of amides is 1. The molecule has 1 aliphatic heterocycles. The highest BCUT2D eigenvalue weighted by Crippen LogP contribution is 2.23. The van der Waals surface area contributed by atoms with Gasteiger partial charge >= 0.3 is 0 Å².